The van der Waals surface area contributed by atoms with Gasteiger partial charge >= 0.3 is 17.9 Å². The molecular formula is C18H26Cl2O7. The average molecular weight is 425 g/mol. The Hall–Kier alpha value is -1.09. The molecule has 1 unspecified atom stereocenters. The third-order valence-corrected chi connectivity index (χ3v) is 3.66. The number of esters is 1. The highest BCUT2D eigenvalue weighted by Crippen LogP contribution is 2.39. The number of hydrogen-bond acceptors (Lipinski definition) is 7. The molecule has 0 saturated heterocycles. The molecule has 7 nitrogen and oxygen atoms in total. The largest absolute Gasteiger partial charge is 0.461 e. The van der Waals surface area contributed by atoms with Gasteiger partial charge in [0.1, 0.15) is 5.75 Å². The van der Waals surface area contributed by atoms with Crippen LogP contribution in [0.2, 0.25) is 10.0 Å². The van der Waals surface area contributed by atoms with Crippen LogP contribution in [0.15, 0.2) is 18.2 Å². The maximum atomic E-state index is 11.9. The standard InChI is InChI=1S/C18H26Cl2O7/c1-6-22-17(23-7-2,24-8-3)18(25-9-4,26-13(5)21)27-16-11-10-14(19)12-15(16)20/h10-12H,6-9H2,1-5H3. The molecule has 0 bridgehead atoms. The van der Waals surface area contributed by atoms with Crippen LogP contribution in [-0.4, -0.2) is 44.3 Å². The molecule has 0 aliphatic heterocycles. The van der Waals surface area contributed by atoms with E-state index in [1.165, 1.54) is 19.1 Å². The molecule has 27 heavy (non-hydrogen) atoms. The van der Waals surface area contributed by atoms with Crippen molar-refractivity contribution in [1.29, 1.82) is 0 Å². The van der Waals surface area contributed by atoms with Gasteiger partial charge in [0, 0.05) is 11.9 Å². The SMILES string of the molecule is CCOC(OCC)(OCC)C(OCC)(OC(C)=O)Oc1ccc(Cl)cc1Cl. The summed E-state index contributed by atoms with van der Waals surface area (Å²) in [5.41, 5.74) is 0. The predicted octanol–water partition coefficient (Wildman–Crippen LogP) is 4.39. The van der Waals surface area contributed by atoms with E-state index in [-0.39, 0.29) is 37.2 Å². The molecule has 0 saturated carbocycles. The lowest BCUT2D eigenvalue weighted by Crippen LogP contribution is -2.66. The first-order valence-corrected chi connectivity index (χ1v) is 9.44. The van der Waals surface area contributed by atoms with Crippen molar-refractivity contribution >= 4 is 29.2 Å². The van der Waals surface area contributed by atoms with Crippen molar-refractivity contribution in [3.05, 3.63) is 28.2 Å². The van der Waals surface area contributed by atoms with Crippen LogP contribution >= 0.6 is 23.2 Å². The Morgan fingerprint density at radius 1 is 0.889 bits per heavy atom. The lowest BCUT2D eigenvalue weighted by Gasteiger charge is -2.44. The van der Waals surface area contributed by atoms with Crippen molar-refractivity contribution in [2.45, 2.75) is 46.6 Å². The smallest absolute Gasteiger partial charge is 0.422 e. The van der Waals surface area contributed by atoms with Crippen LogP contribution in [0.5, 0.6) is 5.75 Å². The average Bonchev–Trinajstić information content (AvgIpc) is 2.57. The van der Waals surface area contributed by atoms with Gasteiger partial charge in [-0.25, -0.2) is 0 Å². The van der Waals surface area contributed by atoms with E-state index in [0.29, 0.717) is 5.02 Å². The zero-order chi connectivity index (χ0) is 20.5. The first-order chi connectivity index (χ1) is 12.8. The third-order valence-electron chi connectivity index (χ3n) is 3.13. The van der Waals surface area contributed by atoms with Crippen molar-refractivity contribution in [1.82, 2.24) is 0 Å². The van der Waals surface area contributed by atoms with Gasteiger partial charge < -0.3 is 28.4 Å². The first-order valence-electron chi connectivity index (χ1n) is 8.69. The van der Waals surface area contributed by atoms with E-state index in [1.54, 1.807) is 33.8 Å². The first kappa shape index (κ1) is 23.9. The second-order valence-corrected chi connectivity index (χ2v) is 5.96. The van der Waals surface area contributed by atoms with Crippen LogP contribution in [0.1, 0.15) is 34.6 Å². The van der Waals surface area contributed by atoms with Crippen LogP contribution < -0.4 is 4.74 Å². The summed E-state index contributed by atoms with van der Waals surface area (Å²) in [5.74, 6) is -4.76. The lowest BCUT2D eigenvalue weighted by molar-refractivity contribution is -0.533. The summed E-state index contributed by atoms with van der Waals surface area (Å²) in [4.78, 5) is 11.9. The molecule has 0 amide bonds. The van der Waals surface area contributed by atoms with Crippen LogP contribution in [-0.2, 0) is 28.5 Å². The van der Waals surface area contributed by atoms with Gasteiger partial charge in [-0.15, -0.1) is 0 Å². The normalized spacial score (nSPS) is 13.9. The van der Waals surface area contributed by atoms with E-state index in [0.717, 1.165) is 0 Å². The van der Waals surface area contributed by atoms with Crippen molar-refractivity contribution in [2.75, 3.05) is 26.4 Å². The molecule has 1 atom stereocenters. The molecule has 9 heteroatoms. The second-order valence-electron chi connectivity index (χ2n) is 5.11. The molecule has 0 fully saturated rings. The Kier molecular flexibility index (Phi) is 9.80. The summed E-state index contributed by atoms with van der Waals surface area (Å²) >= 11 is 12.2. The number of carbonyl (C=O) groups is 1. The van der Waals surface area contributed by atoms with E-state index >= 15 is 0 Å². The molecule has 1 aromatic carbocycles. The van der Waals surface area contributed by atoms with Gasteiger partial charge in [-0.05, 0) is 45.9 Å². The van der Waals surface area contributed by atoms with Crippen LogP contribution in [0.3, 0.4) is 0 Å². The van der Waals surface area contributed by atoms with Crippen LogP contribution in [0, 0.1) is 0 Å². The summed E-state index contributed by atoms with van der Waals surface area (Å²) in [5, 5.41) is 0.588. The van der Waals surface area contributed by atoms with Gasteiger partial charge in [-0.3, -0.25) is 4.79 Å². The van der Waals surface area contributed by atoms with Crippen molar-refractivity contribution in [2.24, 2.45) is 0 Å². The number of ether oxygens (including phenoxy) is 6. The Morgan fingerprint density at radius 3 is 1.78 bits per heavy atom. The lowest BCUT2D eigenvalue weighted by atomic mass is 10.3. The molecule has 1 aromatic rings. The van der Waals surface area contributed by atoms with E-state index in [9.17, 15) is 4.79 Å². The monoisotopic (exact) mass is 424 g/mol. The number of carbonyl (C=O) groups excluding carboxylic acids is 1. The highest BCUT2D eigenvalue weighted by Gasteiger charge is 2.64. The molecule has 0 heterocycles. The molecule has 0 aliphatic carbocycles. The zero-order valence-corrected chi connectivity index (χ0v) is 17.7. The Bertz CT molecular complexity index is 594. The summed E-state index contributed by atoms with van der Waals surface area (Å²) in [7, 11) is 0. The summed E-state index contributed by atoms with van der Waals surface area (Å²) in [6.07, 6.45) is 0. The van der Waals surface area contributed by atoms with Crippen LogP contribution in [0.25, 0.3) is 0 Å². The van der Waals surface area contributed by atoms with Gasteiger partial charge in [0.15, 0.2) is 0 Å². The molecular weight excluding hydrogens is 399 g/mol. The number of benzene rings is 1. The third kappa shape index (κ3) is 5.94. The fourth-order valence-corrected chi connectivity index (χ4v) is 2.78. The quantitative estimate of drug-likeness (QED) is 0.363. The minimum absolute atomic E-state index is 0.0907. The highest BCUT2D eigenvalue weighted by atomic mass is 35.5. The van der Waals surface area contributed by atoms with Crippen molar-refractivity contribution in [3.8, 4) is 5.75 Å². The number of hydrogen-bond donors (Lipinski definition) is 0. The van der Waals surface area contributed by atoms with Crippen molar-refractivity contribution < 1.29 is 33.2 Å². The molecule has 0 spiro atoms. The van der Waals surface area contributed by atoms with Gasteiger partial charge in [-0.2, -0.15) is 0 Å². The van der Waals surface area contributed by atoms with Crippen LogP contribution in [0.4, 0.5) is 0 Å². The Morgan fingerprint density at radius 2 is 1.37 bits per heavy atom. The van der Waals surface area contributed by atoms with E-state index in [4.69, 9.17) is 51.6 Å². The van der Waals surface area contributed by atoms with E-state index < -0.39 is 17.9 Å². The maximum Gasteiger partial charge on any atom is 0.461 e. The predicted molar refractivity (Wildman–Crippen MR) is 101 cm³/mol. The number of halogens is 2. The van der Waals surface area contributed by atoms with E-state index in [2.05, 4.69) is 0 Å². The summed E-state index contributed by atoms with van der Waals surface area (Å²) < 4.78 is 34.3. The molecule has 154 valence electrons. The topological polar surface area (TPSA) is 72.5 Å². The Labute approximate surface area is 169 Å². The minimum atomic E-state index is -2.22. The minimum Gasteiger partial charge on any atom is -0.422 e. The fraction of sp³-hybridized carbons (Fsp3) is 0.611. The highest BCUT2D eigenvalue weighted by molar-refractivity contribution is 6.35. The Balaban J connectivity index is 3.58. The summed E-state index contributed by atoms with van der Waals surface area (Å²) in [6, 6.07) is 4.56. The van der Waals surface area contributed by atoms with Crippen molar-refractivity contribution in [3.63, 3.8) is 0 Å². The second kappa shape index (κ2) is 11.0. The molecule has 0 N–H and O–H groups in total. The van der Waals surface area contributed by atoms with E-state index in [1.807, 2.05) is 0 Å². The number of rotatable bonds is 12. The van der Waals surface area contributed by atoms with Gasteiger partial charge in [0.05, 0.1) is 31.5 Å². The molecule has 0 aromatic heterocycles. The van der Waals surface area contributed by atoms with Gasteiger partial charge in [0.25, 0.3) is 0 Å². The fourth-order valence-electron chi connectivity index (χ4n) is 2.34. The summed E-state index contributed by atoms with van der Waals surface area (Å²) in [6.45, 7) is 8.66. The molecule has 0 radical (unpaired) electrons. The zero-order valence-electron chi connectivity index (χ0n) is 16.2. The van der Waals surface area contributed by atoms with Gasteiger partial charge in [0.2, 0.25) is 0 Å². The maximum absolute atomic E-state index is 11.9. The molecule has 1 rings (SSSR count). The van der Waals surface area contributed by atoms with Gasteiger partial charge in [-0.1, -0.05) is 23.2 Å². The molecule has 0 aliphatic rings.